The van der Waals surface area contributed by atoms with Crippen molar-refractivity contribution in [1.29, 1.82) is 0 Å². The third kappa shape index (κ3) is 6.41. The van der Waals surface area contributed by atoms with E-state index in [9.17, 15) is 2.74 Å². The molecule has 0 saturated carbocycles. The summed E-state index contributed by atoms with van der Waals surface area (Å²) >= 11 is 0. The molecule has 0 heterocycles. The van der Waals surface area contributed by atoms with Crippen LogP contribution in [0.1, 0.15) is 40.2 Å². The summed E-state index contributed by atoms with van der Waals surface area (Å²) in [7, 11) is -4.12. The number of hydrogen-bond acceptors (Lipinski definition) is 1. The Kier molecular flexibility index (Phi) is 8.02. The van der Waals surface area contributed by atoms with Gasteiger partial charge in [0.1, 0.15) is 0 Å². The molecule has 0 N–H and O–H groups in total. The Morgan fingerprint density at radius 3 is 1.43 bits per heavy atom. The van der Waals surface area contributed by atoms with Gasteiger partial charge < -0.3 is 4.90 Å². The molecular formula is C52H56BNSi2. The zero-order valence-electron chi connectivity index (χ0n) is 40.2. The Morgan fingerprint density at radius 1 is 0.482 bits per heavy atom. The van der Waals surface area contributed by atoms with E-state index >= 15 is 0 Å². The molecule has 56 heavy (non-hydrogen) atoms. The summed E-state index contributed by atoms with van der Waals surface area (Å²) in [6, 6.07) is 31.7. The average Bonchev–Trinajstić information content (AvgIpc) is 3.18. The zero-order chi connectivity index (χ0) is 44.2. The van der Waals surface area contributed by atoms with Crippen LogP contribution in [0.5, 0.6) is 0 Å². The predicted molar refractivity (Wildman–Crippen MR) is 257 cm³/mol. The molecule has 0 saturated heterocycles. The highest BCUT2D eigenvalue weighted by Gasteiger charge is 2.34. The number of anilines is 3. The first-order valence-corrected chi connectivity index (χ1v) is 27.0. The van der Waals surface area contributed by atoms with Gasteiger partial charge in [0.2, 0.25) is 6.71 Å². The van der Waals surface area contributed by atoms with E-state index in [1.807, 2.05) is 35.2 Å². The summed E-state index contributed by atoms with van der Waals surface area (Å²) in [5, 5.41) is 9.83. The van der Waals surface area contributed by atoms with Gasteiger partial charge in [0.25, 0.3) is 0 Å². The van der Waals surface area contributed by atoms with Gasteiger partial charge in [-0.1, -0.05) is 190 Å². The third-order valence-corrected chi connectivity index (χ3v) is 15.9. The van der Waals surface area contributed by atoms with Gasteiger partial charge in [0.15, 0.2) is 0 Å². The molecule has 0 aromatic heterocycles. The number of para-hydroxylation sites is 2. The fourth-order valence-corrected chi connectivity index (χ4v) is 12.9. The standard InChI is InChI=1S/C52H56BNSi2/c1-33-27-35(3)51(36(4)28-33)53(52-37(5)29-34(2)30-38(52)6)45-31-47(55(7,8)9)43-26-24-42-46(54(39-19-15-13-16-20-39)40-21-17-14-18-22-40)32-48(56(10,11)12)44-25-23-41(45)49(43)50(42)44/h13-32H,1-12H3/i13D,15D,16D,19D,20D. The van der Waals surface area contributed by atoms with Gasteiger partial charge in [0.05, 0.1) is 28.7 Å². The number of rotatable bonds is 8. The molecule has 0 atom stereocenters. The molecule has 1 nitrogen and oxygen atoms in total. The Balaban J connectivity index is 1.62. The molecular weight excluding hydrogens is 706 g/mol. The summed E-state index contributed by atoms with van der Waals surface area (Å²) in [5.74, 6) is 0. The van der Waals surface area contributed by atoms with E-state index < -0.39 is 22.2 Å². The van der Waals surface area contributed by atoms with Crippen LogP contribution in [0.25, 0.3) is 32.3 Å². The van der Waals surface area contributed by atoms with E-state index in [1.165, 1.54) is 87.1 Å². The van der Waals surface area contributed by atoms with Crippen molar-refractivity contribution in [2.45, 2.75) is 80.8 Å². The zero-order valence-corrected chi connectivity index (χ0v) is 37.2. The van der Waals surface area contributed by atoms with Gasteiger partial charge in [-0.3, -0.25) is 0 Å². The molecule has 4 heteroatoms. The van der Waals surface area contributed by atoms with Gasteiger partial charge in [-0.2, -0.15) is 0 Å². The van der Waals surface area contributed by atoms with Crippen LogP contribution in [0.3, 0.4) is 0 Å². The Hall–Kier alpha value is -4.90. The molecule has 0 amide bonds. The molecule has 8 rings (SSSR count). The van der Waals surface area contributed by atoms with Gasteiger partial charge >= 0.3 is 0 Å². The number of hydrogen-bond donors (Lipinski definition) is 0. The quantitative estimate of drug-likeness (QED) is 0.110. The average molecular weight is 767 g/mol. The monoisotopic (exact) mass is 766 g/mol. The van der Waals surface area contributed by atoms with Crippen LogP contribution >= 0.6 is 0 Å². The largest absolute Gasteiger partial charge is 0.310 e. The maximum Gasteiger partial charge on any atom is 0.243 e. The molecule has 0 aliphatic carbocycles. The normalized spacial score (nSPS) is 13.5. The summed E-state index contributed by atoms with van der Waals surface area (Å²) in [4.78, 5) is 1.93. The van der Waals surface area contributed by atoms with Crippen LogP contribution in [0.15, 0.2) is 121 Å². The number of aryl methyl sites for hydroxylation is 6. The van der Waals surface area contributed by atoms with Gasteiger partial charge in [-0.25, -0.2) is 0 Å². The molecule has 0 bridgehead atoms. The molecule has 0 aliphatic heterocycles. The lowest BCUT2D eigenvalue weighted by Crippen LogP contribution is -2.57. The molecule has 280 valence electrons. The van der Waals surface area contributed by atoms with Crippen molar-refractivity contribution in [2.75, 3.05) is 4.90 Å². The second-order valence-corrected chi connectivity index (χ2v) is 28.3. The summed E-state index contributed by atoms with van der Waals surface area (Å²) < 4.78 is 44.6. The minimum atomic E-state index is -2.11. The van der Waals surface area contributed by atoms with E-state index in [0.717, 1.165) is 16.8 Å². The fourth-order valence-electron chi connectivity index (χ4n) is 9.74. The lowest BCUT2D eigenvalue weighted by Gasteiger charge is -2.32. The first kappa shape index (κ1) is 32.2. The first-order chi connectivity index (χ1) is 28.6. The lowest BCUT2D eigenvalue weighted by atomic mass is 9.33. The van der Waals surface area contributed by atoms with E-state index in [2.05, 4.69) is 141 Å². The molecule has 0 aliphatic rings. The highest BCUT2D eigenvalue weighted by molar-refractivity contribution is 6.99. The van der Waals surface area contributed by atoms with Crippen LogP contribution in [0.2, 0.25) is 39.3 Å². The third-order valence-electron chi connectivity index (χ3n) is 11.9. The van der Waals surface area contributed by atoms with Crippen LogP contribution in [-0.4, -0.2) is 22.9 Å². The van der Waals surface area contributed by atoms with E-state index in [1.54, 1.807) is 0 Å². The van der Waals surface area contributed by atoms with Crippen LogP contribution in [-0.2, 0) is 0 Å². The van der Waals surface area contributed by atoms with Crippen molar-refractivity contribution in [3.63, 3.8) is 0 Å². The lowest BCUT2D eigenvalue weighted by molar-refractivity contribution is 1.30. The topological polar surface area (TPSA) is 3.24 Å². The number of nitrogens with zero attached hydrogens (tertiary/aromatic N) is 1. The van der Waals surface area contributed by atoms with Crippen LogP contribution in [0.4, 0.5) is 17.1 Å². The summed E-state index contributed by atoms with van der Waals surface area (Å²) in [6.45, 7) is 28.0. The minimum absolute atomic E-state index is 0.0244. The molecule has 0 radical (unpaired) electrons. The smallest absolute Gasteiger partial charge is 0.243 e. The molecule has 0 spiro atoms. The fraction of sp³-hybridized carbons (Fsp3) is 0.231. The SMILES string of the molecule is [2H]c1c([2H])c([2H])c(N(c2ccccc2)c2cc([Si](C)(C)C)c3ccc4c(B(c5c(C)cc(C)cc5C)c5c(C)cc(C)cc5C)cc([Si](C)(C)C)c5ccc2c3c45)c([2H])c1[2H]. The molecule has 0 fully saturated rings. The number of benzene rings is 8. The van der Waals surface area contributed by atoms with Crippen molar-refractivity contribution < 1.29 is 6.85 Å². The summed E-state index contributed by atoms with van der Waals surface area (Å²) in [5.41, 5.74) is 13.4. The Morgan fingerprint density at radius 2 is 0.929 bits per heavy atom. The maximum atomic E-state index is 9.29. The Labute approximate surface area is 344 Å². The maximum absolute atomic E-state index is 9.29. The predicted octanol–water partition coefficient (Wildman–Crippen LogP) is 11.5. The van der Waals surface area contributed by atoms with Gasteiger partial charge in [-0.15, -0.1) is 0 Å². The molecule has 8 aromatic rings. The van der Waals surface area contributed by atoms with Gasteiger partial charge in [0, 0.05) is 16.8 Å². The van der Waals surface area contributed by atoms with Crippen molar-refractivity contribution in [3.05, 3.63) is 155 Å². The highest BCUT2D eigenvalue weighted by Crippen LogP contribution is 2.43. The molecule has 8 aromatic carbocycles. The van der Waals surface area contributed by atoms with Crippen LogP contribution in [0, 0.1) is 41.5 Å². The second-order valence-electron chi connectivity index (χ2n) is 18.2. The highest BCUT2D eigenvalue weighted by atomic mass is 28.3. The van der Waals surface area contributed by atoms with Crippen molar-refractivity contribution >= 4 is 99.0 Å². The first-order valence-electron chi connectivity index (χ1n) is 22.5. The minimum Gasteiger partial charge on any atom is -0.310 e. The van der Waals surface area contributed by atoms with Crippen molar-refractivity contribution in [3.8, 4) is 0 Å². The van der Waals surface area contributed by atoms with Gasteiger partial charge in [-0.05, 0) is 98.8 Å². The second kappa shape index (κ2) is 13.9. The Bertz CT molecular complexity index is 2940. The van der Waals surface area contributed by atoms with E-state index in [0.29, 0.717) is 0 Å². The van der Waals surface area contributed by atoms with Crippen LogP contribution < -0.4 is 31.7 Å². The molecule has 0 unspecified atom stereocenters. The summed E-state index contributed by atoms with van der Waals surface area (Å²) in [6.07, 6.45) is 0. The van der Waals surface area contributed by atoms with Crippen molar-refractivity contribution in [1.82, 2.24) is 0 Å². The van der Waals surface area contributed by atoms with E-state index in [4.69, 9.17) is 4.11 Å². The van der Waals surface area contributed by atoms with Crippen molar-refractivity contribution in [2.24, 2.45) is 0 Å². The van der Waals surface area contributed by atoms with E-state index in [-0.39, 0.29) is 36.6 Å².